The molecule has 2 unspecified atom stereocenters. The van der Waals surface area contributed by atoms with Gasteiger partial charge in [0.15, 0.2) is 0 Å². The Morgan fingerprint density at radius 3 is 2.68 bits per heavy atom. The monoisotopic (exact) mass is 299 g/mol. The molecule has 102 valence electrons. The van der Waals surface area contributed by atoms with Crippen LogP contribution < -0.4 is 5.32 Å². The van der Waals surface area contributed by atoms with Gasteiger partial charge in [0, 0.05) is 23.0 Å². The number of hydrogen-bond acceptors (Lipinski definition) is 3. The van der Waals surface area contributed by atoms with E-state index in [0.717, 1.165) is 9.21 Å². The Morgan fingerprint density at radius 1 is 1.32 bits per heavy atom. The maximum absolute atomic E-state index is 13.5. The smallest absolute Gasteiger partial charge is 0.129 e. The van der Waals surface area contributed by atoms with E-state index in [9.17, 15) is 9.50 Å². The number of halogens is 2. The highest BCUT2D eigenvalue weighted by Gasteiger charge is 2.14. The van der Waals surface area contributed by atoms with Crippen LogP contribution >= 0.6 is 22.9 Å². The predicted molar refractivity (Wildman–Crippen MR) is 77.1 cm³/mol. The van der Waals surface area contributed by atoms with Gasteiger partial charge in [-0.25, -0.2) is 4.39 Å². The molecule has 1 heterocycles. The highest BCUT2D eigenvalue weighted by atomic mass is 35.5. The van der Waals surface area contributed by atoms with Crippen molar-refractivity contribution in [2.45, 2.75) is 19.1 Å². The fourth-order valence-electron chi connectivity index (χ4n) is 1.81. The number of thiophene rings is 1. The molecule has 2 aromatic rings. The third kappa shape index (κ3) is 3.76. The van der Waals surface area contributed by atoms with E-state index in [1.165, 1.54) is 17.4 Å². The first kappa shape index (κ1) is 14.5. The standard InChI is InChI=1S/C14H15ClFNOS/c1-9(13-6-7-14(15)19-13)17-8-12(18)10-4-2-3-5-11(10)16/h2-7,9,12,17-18H,8H2,1H3. The summed E-state index contributed by atoms with van der Waals surface area (Å²) in [6.07, 6.45) is -0.862. The number of aliphatic hydroxyl groups is 1. The number of hydrogen-bond donors (Lipinski definition) is 2. The van der Waals surface area contributed by atoms with Gasteiger partial charge in [-0.05, 0) is 25.1 Å². The number of nitrogens with one attached hydrogen (secondary N) is 1. The van der Waals surface area contributed by atoms with Gasteiger partial charge in [-0.15, -0.1) is 11.3 Å². The largest absolute Gasteiger partial charge is 0.387 e. The van der Waals surface area contributed by atoms with Crippen molar-refractivity contribution in [3.63, 3.8) is 0 Å². The van der Waals surface area contributed by atoms with E-state index in [-0.39, 0.29) is 18.4 Å². The highest BCUT2D eigenvalue weighted by molar-refractivity contribution is 7.16. The molecule has 0 bridgehead atoms. The number of rotatable bonds is 5. The summed E-state index contributed by atoms with van der Waals surface area (Å²) in [6, 6.07) is 10.1. The topological polar surface area (TPSA) is 32.3 Å². The van der Waals surface area contributed by atoms with Crippen LogP contribution in [0.15, 0.2) is 36.4 Å². The zero-order valence-electron chi connectivity index (χ0n) is 10.4. The average molecular weight is 300 g/mol. The maximum atomic E-state index is 13.5. The van der Waals surface area contributed by atoms with Crippen LogP contribution in [0.4, 0.5) is 4.39 Å². The second-order valence-electron chi connectivity index (χ2n) is 4.31. The minimum absolute atomic E-state index is 0.0684. The first-order valence-corrected chi connectivity index (χ1v) is 7.18. The Labute approximate surface area is 120 Å². The van der Waals surface area contributed by atoms with Crippen molar-refractivity contribution >= 4 is 22.9 Å². The molecule has 0 saturated heterocycles. The molecule has 2 rings (SSSR count). The van der Waals surface area contributed by atoms with E-state index < -0.39 is 6.10 Å². The van der Waals surface area contributed by atoms with Crippen LogP contribution in [0.1, 0.15) is 29.5 Å². The molecule has 1 aromatic carbocycles. The van der Waals surface area contributed by atoms with E-state index in [1.54, 1.807) is 18.2 Å². The lowest BCUT2D eigenvalue weighted by molar-refractivity contribution is 0.166. The van der Waals surface area contributed by atoms with Gasteiger partial charge in [0.25, 0.3) is 0 Å². The van der Waals surface area contributed by atoms with Crippen LogP contribution in [0, 0.1) is 5.82 Å². The van der Waals surface area contributed by atoms with Crippen LogP contribution in [-0.2, 0) is 0 Å². The minimum Gasteiger partial charge on any atom is -0.387 e. The van der Waals surface area contributed by atoms with Crippen LogP contribution in [0.3, 0.4) is 0 Å². The Morgan fingerprint density at radius 2 is 2.05 bits per heavy atom. The molecule has 0 radical (unpaired) electrons. The summed E-state index contributed by atoms with van der Waals surface area (Å²) in [7, 11) is 0. The summed E-state index contributed by atoms with van der Waals surface area (Å²) in [5, 5.41) is 13.1. The third-order valence-electron chi connectivity index (χ3n) is 2.90. The van der Waals surface area contributed by atoms with Crippen LogP contribution in [0.2, 0.25) is 4.34 Å². The van der Waals surface area contributed by atoms with Gasteiger partial charge in [0.2, 0.25) is 0 Å². The average Bonchev–Trinajstić information content (AvgIpc) is 2.83. The molecule has 5 heteroatoms. The Hall–Kier alpha value is -0.940. The summed E-state index contributed by atoms with van der Waals surface area (Å²) in [4.78, 5) is 1.09. The van der Waals surface area contributed by atoms with E-state index >= 15 is 0 Å². The molecular formula is C14H15ClFNOS. The third-order valence-corrected chi connectivity index (χ3v) is 4.32. The van der Waals surface area contributed by atoms with E-state index in [1.807, 2.05) is 19.1 Å². The van der Waals surface area contributed by atoms with Gasteiger partial charge in [-0.1, -0.05) is 29.8 Å². The molecule has 2 N–H and O–H groups in total. The van der Waals surface area contributed by atoms with E-state index in [2.05, 4.69) is 5.32 Å². The van der Waals surface area contributed by atoms with Crippen molar-refractivity contribution in [1.82, 2.24) is 5.32 Å². The van der Waals surface area contributed by atoms with Crippen molar-refractivity contribution in [2.75, 3.05) is 6.54 Å². The zero-order valence-corrected chi connectivity index (χ0v) is 12.0. The van der Waals surface area contributed by atoms with Gasteiger partial charge in [0.05, 0.1) is 10.4 Å². The summed E-state index contributed by atoms with van der Waals surface area (Å²) in [6.45, 7) is 2.27. The lowest BCUT2D eigenvalue weighted by atomic mass is 10.1. The molecule has 0 aliphatic carbocycles. The molecular weight excluding hydrogens is 285 g/mol. The van der Waals surface area contributed by atoms with Crippen molar-refractivity contribution < 1.29 is 9.50 Å². The quantitative estimate of drug-likeness (QED) is 0.877. The first-order chi connectivity index (χ1) is 9.08. The summed E-state index contributed by atoms with van der Waals surface area (Å²) in [5.74, 6) is -0.386. The van der Waals surface area contributed by atoms with Gasteiger partial charge < -0.3 is 10.4 Å². The molecule has 0 aliphatic rings. The van der Waals surface area contributed by atoms with Gasteiger partial charge in [0.1, 0.15) is 5.82 Å². The molecule has 0 amide bonds. The summed E-state index contributed by atoms with van der Waals surface area (Å²) < 4.78 is 14.2. The lowest BCUT2D eigenvalue weighted by Crippen LogP contribution is -2.24. The van der Waals surface area contributed by atoms with Crippen LogP contribution in [-0.4, -0.2) is 11.7 Å². The van der Waals surface area contributed by atoms with Crippen molar-refractivity contribution in [3.05, 3.63) is 57.0 Å². The molecule has 19 heavy (non-hydrogen) atoms. The normalized spacial score (nSPS) is 14.3. The number of benzene rings is 1. The van der Waals surface area contributed by atoms with Crippen molar-refractivity contribution in [3.8, 4) is 0 Å². The molecule has 0 spiro atoms. The Balaban J connectivity index is 1.94. The fourth-order valence-corrected chi connectivity index (χ4v) is 2.89. The van der Waals surface area contributed by atoms with E-state index in [0.29, 0.717) is 5.56 Å². The van der Waals surface area contributed by atoms with Crippen LogP contribution in [0.25, 0.3) is 0 Å². The second-order valence-corrected chi connectivity index (χ2v) is 6.06. The van der Waals surface area contributed by atoms with Gasteiger partial charge in [-0.3, -0.25) is 0 Å². The maximum Gasteiger partial charge on any atom is 0.129 e. The van der Waals surface area contributed by atoms with E-state index in [4.69, 9.17) is 11.6 Å². The summed E-state index contributed by atoms with van der Waals surface area (Å²) >= 11 is 7.37. The van der Waals surface area contributed by atoms with Crippen LogP contribution in [0.5, 0.6) is 0 Å². The molecule has 1 aromatic heterocycles. The predicted octanol–water partition coefficient (Wildman–Crippen LogP) is 3.92. The molecule has 0 aliphatic heterocycles. The Kier molecular flexibility index (Phi) is 4.93. The first-order valence-electron chi connectivity index (χ1n) is 5.99. The fraction of sp³-hybridized carbons (Fsp3) is 0.286. The summed E-state index contributed by atoms with van der Waals surface area (Å²) in [5.41, 5.74) is 0.311. The highest BCUT2D eigenvalue weighted by Crippen LogP contribution is 2.27. The molecule has 2 atom stereocenters. The molecule has 0 fully saturated rings. The molecule has 0 saturated carbocycles. The van der Waals surface area contributed by atoms with Crippen molar-refractivity contribution in [2.24, 2.45) is 0 Å². The molecule has 2 nitrogen and oxygen atoms in total. The van der Waals surface area contributed by atoms with Crippen molar-refractivity contribution in [1.29, 1.82) is 0 Å². The number of aliphatic hydroxyl groups excluding tert-OH is 1. The minimum atomic E-state index is -0.862. The second kappa shape index (κ2) is 6.48. The zero-order chi connectivity index (χ0) is 13.8. The Bertz CT molecular complexity index is 546. The SMILES string of the molecule is CC(NCC(O)c1ccccc1F)c1ccc(Cl)s1. The van der Waals surface area contributed by atoms with Gasteiger partial charge >= 0.3 is 0 Å². The lowest BCUT2D eigenvalue weighted by Gasteiger charge is -2.16. The van der Waals surface area contributed by atoms with Gasteiger partial charge in [-0.2, -0.15) is 0 Å².